The summed E-state index contributed by atoms with van der Waals surface area (Å²) in [7, 11) is 2.27. The molecule has 0 fully saturated rings. The van der Waals surface area contributed by atoms with Crippen molar-refractivity contribution >= 4 is 53.3 Å². The molecule has 330 valence electrons. The van der Waals surface area contributed by atoms with Crippen molar-refractivity contribution in [3.05, 3.63) is 161 Å². The normalized spacial score (nSPS) is 17.3. The number of rotatable bonds is 13. The lowest BCUT2D eigenvalue weighted by molar-refractivity contribution is -0.769. The van der Waals surface area contributed by atoms with Gasteiger partial charge in [-0.3, -0.25) is 0 Å². The van der Waals surface area contributed by atoms with Crippen LogP contribution in [0.1, 0.15) is 134 Å². The van der Waals surface area contributed by atoms with Crippen LogP contribution in [0.5, 0.6) is 0 Å². The fraction of sp³-hybridized carbons (Fsp3) is 0.344. The number of benzene rings is 6. The van der Waals surface area contributed by atoms with E-state index in [1.54, 1.807) is 0 Å². The van der Waals surface area contributed by atoms with E-state index in [2.05, 4.69) is 210 Å². The van der Waals surface area contributed by atoms with Gasteiger partial charge in [0.15, 0.2) is 22.8 Å². The summed E-state index contributed by atoms with van der Waals surface area (Å²) in [5, 5.41) is 5.46. The van der Waals surface area contributed by atoms with Gasteiger partial charge in [-0.05, 0) is 103 Å². The van der Waals surface area contributed by atoms with Crippen LogP contribution in [0.25, 0.3) is 70.3 Å². The lowest BCUT2D eigenvalue weighted by Crippen LogP contribution is -2.69. The van der Waals surface area contributed by atoms with E-state index < -0.39 is 0 Å². The van der Waals surface area contributed by atoms with Crippen LogP contribution < -0.4 is 9.13 Å². The Morgan fingerprint density at radius 3 is 2.15 bits per heavy atom. The van der Waals surface area contributed by atoms with Crippen LogP contribution in [0.15, 0.2) is 134 Å². The Morgan fingerprint density at radius 1 is 0.677 bits per heavy atom. The van der Waals surface area contributed by atoms with Gasteiger partial charge in [-0.15, -0.1) is 11.3 Å². The van der Waals surface area contributed by atoms with Crippen molar-refractivity contribution in [2.24, 2.45) is 7.05 Å². The van der Waals surface area contributed by atoms with Crippen LogP contribution >= 0.6 is 11.3 Å². The second-order valence-electron chi connectivity index (χ2n) is 19.9. The first-order chi connectivity index (χ1) is 31.6. The molecule has 4 heteroatoms. The zero-order chi connectivity index (χ0) is 45.2. The summed E-state index contributed by atoms with van der Waals surface area (Å²) in [5.41, 5.74) is 15.0. The summed E-state index contributed by atoms with van der Waals surface area (Å²) in [4.78, 5) is 0. The number of aromatic nitrogens is 3. The van der Waals surface area contributed by atoms with E-state index in [0.29, 0.717) is 11.8 Å². The Morgan fingerprint density at radius 2 is 1.40 bits per heavy atom. The van der Waals surface area contributed by atoms with Gasteiger partial charge in [-0.25, -0.2) is 4.57 Å². The van der Waals surface area contributed by atoms with Crippen LogP contribution in [0.3, 0.4) is 0 Å². The van der Waals surface area contributed by atoms with Gasteiger partial charge in [0, 0.05) is 50.2 Å². The molecule has 0 saturated heterocycles. The average molecular weight is 874 g/mol. The molecule has 6 aromatic carbocycles. The van der Waals surface area contributed by atoms with Crippen molar-refractivity contribution in [2.75, 3.05) is 0 Å². The third-order valence-electron chi connectivity index (χ3n) is 15.9. The summed E-state index contributed by atoms with van der Waals surface area (Å²) in [5.74, 6) is 2.02. The number of hydrogen-bond acceptors (Lipinski definition) is 1. The lowest BCUT2D eigenvalue weighted by Gasteiger charge is -2.48. The van der Waals surface area contributed by atoms with Gasteiger partial charge in [0.2, 0.25) is 5.69 Å². The van der Waals surface area contributed by atoms with Gasteiger partial charge in [-0.2, -0.15) is 9.13 Å². The van der Waals surface area contributed by atoms with Gasteiger partial charge in [0.1, 0.15) is 5.69 Å². The van der Waals surface area contributed by atoms with Crippen molar-refractivity contribution in [1.29, 1.82) is 0 Å². The van der Waals surface area contributed by atoms with E-state index in [4.69, 9.17) is 0 Å². The highest BCUT2D eigenvalue weighted by Gasteiger charge is 2.59. The van der Waals surface area contributed by atoms with Crippen LogP contribution in [0.2, 0.25) is 0 Å². The van der Waals surface area contributed by atoms with Crippen LogP contribution in [-0.4, -0.2) is 4.57 Å². The predicted molar refractivity (Wildman–Crippen MR) is 278 cm³/mol. The minimum absolute atomic E-state index is 0.0972. The molecule has 1 aliphatic rings. The standard InChI is InChI=1S/C61H67N3S/c1-10-13-22-42-32-33-49-50-34-35-51-55(58(50)65-54(49)39-42)57-47-26-16-14-24-44(47)36-38-63(57)61(12-3,60(51,8)11-2)37-21-25-43-23-15-17-27-48(43)59-62(9)52-30-18-19-31-53(52)64(59)56-45(40(4)5)28-20-29-46(56)41(6)7/h14-20,23-24,26-36,38-41H,10-13,21-22,25,37H2,1-9H3/q+2. The molecule has 0 amide bonds. The first kappa shape index (κ1) is 43.3. The lowest BCUT2D eigenvalue weighted by atomic mass is 9.58. The molecule has 2 unspecified atom stereocenters. The highest BCUT2D eigenvalue weighted by molar-refractivity contribution is 7.26. The first-order valence-electron chi connectivity index (χ1n) is 24.7. The van der Waals surface area contributed by atoms with E-state index in [0.717, 1.165) is 38.5 Å². The van der Waals surface area contributed by atoms with Crippen molar-refractivity contribution < 1.29 is 9.13 Å². The quantitative estimate of drug-likeness (QED) is 0.102. The second-order valence-corrected chi connectivity index (χ2v) is 21.0. The second kappa shape index (κ2) is 17.0. The van der Waals surface area contributed by atoms with Crippen LogP contribution in [0, 0.1) is 0 Å². The van der Waals surface area contributed by atoms with Gasteiger partial charge in [-0.1, -0.05) is 146 Å². The van der Waals surface area contributed by atoms with E-state index in [9.17, 15) is 0 Å². The molecule has 3 nitrogen and oxygen atoms in total. The summed E-state index contributed by atoms with van der Waals surface area (Å²) >= 11 is 2.02. The Hall–Kier alpha value is -5.58. The highest BCUT2D eigenvalue weighted by Crippen LogP contribution is 2.56. The van der Waals surface area contributed by atoms with E-state index in [-0.39, 0.29) is 11.0 Å². The first-order valence-corrected chi connectivity index (χ1v) is 25.5. The number of nitrogens with zero attached hydrogens (tertiary/aromatic N) is 3. The minimum atomic E-state index is -0.136. The van der Waals surface area contributed by atoms with Crippen LogP contribution in [0.4, 0.5) is 0 Å². The van der Waals surface area contributed by atoms with E-state index >= 15 is 0 Å². The topological polar surface area (TPSA) is 12.7 Å². The minimum Gasteiger partial charge on any atom is -0.225 e. The van der Waals surface area contributed by atoms with E-state index in [1.165, 1.54) is 111 Å². The molecular weight excluding hydrogens is 807 g/mol. The maximum Gasteiger partial charge on any atom is 0.295 e. The van der Waals surface area contributed by atoms with Gasteiger partial charge >= 0.3 is 0 Å². The fourth-order valence-electron chi connectivity index (χ4n) is 12.3. The summed E-state index contributed by atoms with van der Waals surface area (Å²) in [6.07, 6.45) is 11.3. The summed E-state index contributed by atoms with van der Waals surface area (Å²) < 4.78 is 10.7. The Balaban J connectivity index is 1.12. The predicted octanol–water partition coefficient (Wildman–Crippen LogP) is 16.0. The molecule has 4 heterocycles. The molecule has 0 N–H and O–H groups in total. The van der Waals surface area contributed by atoms with Gasteiger partial charge in [0.25, 0.3) is 5.82 Å². The molecule has 0 saturated carbocycles. The van der Waals surface area contributed by atoms with Crippen molar-refractivity contribution in [3.63, 3.8) is 0 Å². The van der Waals surface area contributed by atoms with Crippen molar-refractivity contribution in [2.45, 2.75) is 130 Å². The van der Waals surface area contributed by atoms with Gasteiger partial charge < -0.3 is 0 Å². The van der Waals surface area contributed by atoms with Crippen LogP contribution in [-0.2, 0) is 30.8 Å². The average Bonchev–Trinajstić information content (AvgIpc) is 3.85. The highest BCUT2D eigenvalue weighted by atomic mass is 32.1. The third kappa shape index (κ3) is 6.71. The number of thiophene rings is 1. The number of hydrogen-bond donors (Lipinski definition) is 0. The maximum atomic E-state index is 2.79. The molecule has 0 spiro atoms. The number of unbranched alkanes of at least 4 members (excludes halogenated alkanes) is 1. The van der Waals surface area contributed by atoms with Crippen molar-refractivity contribution in [3.8, 4) is 28.3 Å². The van der Waals surface area contributed by atoms with Crippen molar-refractivity contribution in [1.82, 2.24) is 4.57 Å². The Kier molecular flexibility index (Phi) is 11.3. The Bertz CT molecular complexity index is 3230. The number of fused-ring (bicyclic) bond motifs is 10. The molecule has 9 aromatic rings. The monoisotopic (exact) mass is 874 g/mol. The molecular formula is C61H67N3S+2. The zero-order valence-corrected chi connectivity index (χ0v) is 41.1. The van der Waals surface area contributed by atoms with Gasteiger partial charge in [0.05, 0.1) is 29.0 Å². The number of para-hydroxylation sites is 3. The third-order valence-corrected chi connectivity index (χ3v) is 17.1. The molecule has 1 aliphatic heterocycles. The zero-order valence-electron chi connectivity index (χ0n) is 40.3. The smallest absolute Gasteiger partial charge is 0.225 e. The molecule has 65 heavy (non-hydrogen) atoms. The Labute approximate surface area is 391 Å². The SMILES string of the molecule is CCCCc1ccc2c(c1)sc1c3c(ccc12)C(C)(CC)C(CC)(CCCc1ccccc1-c1n(-c2c(C(C)C)cccc2C(C)C)c2ccccc2[n+]1C)[n+]1ccc2ccccc2c1-3. The summed E-state index contributed by atoms with van der Waals surface area (Å²) in [6, 6.07) is 49.1. The van der Waals surface area contributed by atoms with E-state index in [1.807, 2.05) is 11.3 Å². The molecule has 2 atom stereocenters. The number of imidazole rings is 1. The summed E-state index contributed by atoms with van der Waals surface area (Å²) in [6.45, 7) is 19.2. The molecule has 3 aromatic heterocycles. The molecule has 0 radical (unpaired) electrons. The maximum absolute atomic E-state index is 2.79. The molecule has 10 rings (SSSR count). The largest absolute Gasteiger partial charge is 0.295 e. The molecule has 0 bridgehead atoms. The molecule has 0 aliphatic carbocycles. The number of aryl methyl sites for hydroxylation is 3. The number of pyridine rings is 1. The fourth-order valence-corrected chi connectivity index (χ4v) is 13.6.